The highest BCUT2D eigenvalue weighted by Gasteiger charge is 2.22. The van der Waals surface area contributed by atoms with E-state index < -0.39 is 10.7 Å². The molecule has 2 aromatic heterocycles. The van der Waals surface area contributed by atoms with Crippen molar-refractivity contribution < 1.29 is 9.72 Å². The fourth-order valence-electron chi connectivity index (χ4n) is 2.46. The molecule has 1 aromatic carbocycles. The third-order valence-corrected chi connectivity index (χ3v) is 3.82. The Kier molecular flexibility index (Phi) is 4.53. The first-order valence-electron chi connectivity index (χ1n) is 7.24. The second-order valence-electron chi connectivity index (χ2n) is 5.14. The number of alkyl halides is 1. The zero-order valence-electron chi connectivity index (χ0n) is 13.1. The first kappa shape index (κ1) is 16.7. The molecule has 126 valence electrons. The van der Waals surface area contributed by atoms with Crippen LogP contribution in [0.3, 0.4) is 0 Å². The van der Waals surface area contributed by atoms with E-state index in [1.54, 1.807) is 29.7 Å². The number of non-ortho nitro benzene ring substituents is 1. The van der Waals surface area contributed by atoms with Crippen molar-refractivity contribution in [2.45, 2.75) is 12.8 Å². The van der Waals surface area contributed by atoms with Crippen molar-refractivity contribution in [1.29, 1.82) is 0 Å². The SMILES string of the molecule is Cc1nnc(CCl)n1-c1ccc([N+](=O)[O-])cc1C(=O)c1ccccn1. The van der Waals surface area contributed by atoms with Crippen molar-refractivity contribution in [3.05, 3.63) is 75.6 Å². The van der Waals surface area contributed by atoms with Gasteiger partial charge in [-0.1, -0.05) is 6.07 Å². The maximum Gasteiger partial charge on any atom is 0.270 e. The van der Waals surface area contributed by atoms with E-state index in [1.807, 2.05) is 0 Å². The van der Waals surface area contributed by atoms with Gasteiger partial charge in [-0.25, -0.2) is 0 Å². The number of pyridine rings is 1. The molecule has 0 saturated heterocycles. The lowest BCUT2D eigenvalue weighted by Crippen LogP contribution is -2.12. The average Bonchev–Trinajstić information content (AvgIpc) is 3.01. The normalized spacial score (nSPS) is 10.6. The van der Waals surface area contributed by atoms with E-state index in [0.717, 1.165) is 0 Å². The van der Waals surface area contributed by atoms with Crippen LogP contribution in [0, 0.1) is 17.0 Å². The number of hydrogen-bond acceptors (Lipinski definition) is 6. The molecule has 3 aromatic rings. The van der Waals surface area contributed by atoms with Crippen molar-refractivity contribution >= 4 is 23.1 Å². The van der Waals surface area contributed by atoms with Gasteiger partial charge in [0.1, 0.15) is 11.5 Å². The minimum Gasteiger partial charge on any atom is -0.287 e. The van der Waals surface area contributed by atoms with E-state index in [2.05, 4.69) is 15.2 Å². The largest absolute Gasteiger partial charge is 0.287 e. The Hall–Kier alpha value is -3.13. The molecule has 3 rings (SSSR count). The molecule has 0 saturated carbocycles. The van der Waals surface area contributed by atoms with Crippen LogP contribution in [0.1, 0.15) is 27.7 Å². The molecule has 9 heteroatoms. The van der Waals surface area contributed by atoms with Crippen molar-refractivity contribution in [1.82, 2.24) is 19.7 Å². The number of nitrogens with zero attached hydrogens (tertiary/aromatic N) is 5. The maximum absolute atomic E-state index is 12.9. The molecule has 0 radical (unpaired) electrons. The van der Waals surface area contributed by atoms with E-state index in [9.17, 15) is 14.9 Å². The van der Waals surface area contributed by atoms with Crippen LogP contribution < -0.4 is 0 Å². The van der Waals surface area contributed by atoms with E-state index in [0.29, 0.717) is 17.3 Å². The summed E-state index contributed by atoms with van der Waals surface area (Å²) in [6.07, 6.45) is 1.48. The molecule has 0 unspecified atom stereocenters. The quantitative estimate of drug-likeness (QED) is 0.301. The second kappa shape index (κ2) is 6.78. The van der Waals surface area contributed by atoms with Crippen molar-refractivity contribution in [3.63, 3.8) is 0 Å². The van der Waals surface area contributed by atoms with Crippen LogP contribution in [0.5, 0.6) is 0 Å². The maximum atomic E-state index is 12.9. The number of aryl methyl sites for hydroxylation is 1. The standard InChI is InChI=1S/C16H12ClN5O3/c1-10-19-20-15(9-17)21(10)14-6-5-11(22(24)25)8-12(14)16(23)13-4-2-3-7-18-13/h2-8H,9H2,1H3. The summed E-state index contributed by atoms with van der Waals surface area (Å²) in [5, 5.41) is 19.0. The lowest BCUT2D eigenvalue weighted by molar-refractivity contribution is -0.384. The Labute approximate surface area is 147 Å². The van der Waals surface area contributed by atoms with Gasteiger partial charge < -0.3 is 0 Å². The van der Waals surface area contributed by atoms with Gasteiger partial charge in [-0.05, 0) is 25.1 Å². The molecular formula is C16H12ClN5O3. The number of ketones is 1. The highest BCUT2D eigenvalue weighted by atomic mass is 35.5. The van der Waals surface area contributed by atoms with Gasteiger partial charge in [0.2, 0.25) is 5.78 Å². The van der Waals surface area contributed by atoms with Crippen LogP contribution in [-0.4, -0.2) is 30.5 Å². The first-order chi connectivity index (χ1) is 12.0. The molecule has 0 aliphatic carbocycles. The topological polar surface area (TPSA) is 104 Å². The molecule has 0 aliphatic rings. The van der Waals surface area contributed by atoms with E-state index in [-0.39, 0.29) is 22.8 Å². The van der Waals surface area contributed by atoms with E-state index in [4.69, 9.17) is 11.6 Å². The highest BCUT2D eigenvalue weighted by molar-refractivity contribution is 6.16. The summed E-state index contributed by atoms with van der Waals surface area (Å²) in [6, 6.07) is 8.94. The smallest absolute Gasteiger partial charge is 0.270 e. The number of hydrogen-bond donors (Lipinski definition) is 0. The predicted molar refractivity (Wildman–Crippen MR) is 90.0 cm³/mol. The van der Waals surface area contributed by atoms with Crippen LogP contribution in [-0.2, 0) is 5.88 Å². The second-order valence-corrected chi connectivity index (χ2v) is 5.40. The molecule has 0 atom stereocenters. The van der Waals surface area contributed by atoms with Gasteiger partial charge in [-0.2, -0.15) is 0 Å². The zero-order valence-corrected chi connectivity index (χ0v) is 13.8. The van der Waals surface area contributed by atoms with Gasteiger partial charge in [-0.15, -0.1) is 21.8 Å². The lowest BCUT2D eigenvalue weighted by atomic mass is 10.0. The fourth-order valence-corrected chi connectivity index (χ4v) is 2.63. The third kappa shape index (κ3) is 3.11. The van der Waals surface area contributed by atoms with Gasteiger partial charge in [0.05, 0.1) is 22.1 Å². The Morgan fingerprint density at radius 2 is 2.08 bits per heavy atom. The number of nitro groups is 1. The number of benzene rings is 1. The molecule has 0 aliphatic heterocycles. The van der Waals surface area contributed by atoms with E-state index in [1.165, 1.54) is 24.4 Å². The minimum atomic E-state index is -0.555. The Balaban J connectivity index is 2.24. The average molecular weight is 358 g/mol. The molecule has 0 spiro atoms. The summed E-state index contributed by atoms with van der Waals surface area (Å²) in [5.41, 5.74) is 0.533. The molecular weight excluding hydrogens is 346 g/mol. The van der Waals surface area contributed by atoms with Gasteiger partial charge in [-0.3, -0.25) is 24.5 Å². The molecule has 25 heavy (non-hydrogen) atoms. The Morgan fingerprint density at radius 3 is 2.72 bits per heavy atom. The summed E-state index contributed by atoms with van der Waals surface area (Å²) in [7, 11) is 0. The van der Waals surface area contributed by atoms with Crippen molar-refractivity contribution in [2.75, 3.05) is 0 Å². The highest BCUT2D eigenvalue weighted by Crippen LogP contribution is 2.25. The van der Waals surface area contributed by atoms with Crippen LogP contribution in [0.15, 0.2) is 42.6 Å². The number of nitro benzene ring substituents is 1. The summed E-state index contributed by atoms with van der Waals surface area (Å²) < 4.78 is 1.60. The fraction of sp³-hybridized carbons (Fsp3) is 0.125. The summed E-state index contributed by atoms with van der Waals surface area (Å²) in [6.45, 7) is 1.71. The van der Waals surface area contributed by atoms with Gasteiger partial charge in [0, 0.05) is 18.3 Å². The van der Waals surface area contributed by atoms with Crippen molar-refractivity contribution in [3.8, 4) is 5.69 Å². The Morgan fingerprint density at radius 1 is 1.28 bits per heavy atom. The number of halogens is 1. The van der Waals surface area contributed by atoms with Crippen LogP contribution >= 0.6 is 11.6 Å². The molecule has 0 bridgehead atoms. The zero-order chi connectivity index (χ0) is 18.0. The van der Waals surface area contributed by atoms with Gasteiger partial charge in [0.15, 0.2) is 5.82 Å². The van der Waals surface area contributed by atoms with Crippen LogP contribution in [0.2, 0.25) is 0 Å². The predicted octanol–water partition coefficient (Wildman–Crippen LogP) is 2.85. The third-order valence-electron chi connectivity index (χ3n) is 3.59. The lowest BCUT2D eigenvalue weighted by Gasteiger charge is -2.12. The molecule has 8 nitrogen and oxygen atoms in total. The van der Waals surface area contributed by atoms with Crippen molar-refractivity contribution in [2.24, 2.45) is 0 Å². The van der Waals surface area contributed by atoms with Gasteiger partial charge in [0.25, 0.3) is 5.69 Å². The molecule has 2 heterocycles. The van der Waals surface area contributed by atoms with Gasteiger partial charge >= 0.3 is 0 Å². The van der Waals surface area contributed by atoms with E-state index >= 15 is 0 Å². The molecule has 0 fully saturated rings. The van der Waals surface area contributed by atoms with Crippen LogP contribution in [0.25, 0.3) is 5.69 Å². The number of carbonyl (C=O) groups is 1. The summed E-state index contributed by atoms with van der Waals surface area (Å²) in [4.78, 5) is 27.5. The number of aromatic nitrogens is 4. The first-order valence-corrected chi connectivity index (χ1v) is 7.77. The molecule has 0 amide bonds. The number of rotatable bonds is 5. The summed E-state index contributed by atoms with van der Waals surface area (Å²) >= 11 is 5.90. The van der Waals surface area contributed by atoms with Crippen LogP contribution in [0.4, 0.5) is 5.69 Å². The summed E-state index contributed by atoms with van der Waals surface area (Å²) in [5.74, 6) is 0.588. The number of carbonyl (C=O) groups excluding carboxylic acids is 1. The minimum absolute atomic E-state index is 0.0784. The Bertz CT molecular complexity index is 956. The molecule has 0 N–H and O–H groups in total. The monoisotopic (exact) mass is 357 g/mol.